The highest BCUT2D eigenvalue weighted by Crippen LogP contribution is 2.05. The van der Waals surface area contributed by atoms with Crippen molar-refractivity contribution in [1.82, 2.24) is 9.97 Å². The van der Waals surface area contributed by atoms with Crippen LogP contribution in [-0.2, 0) is 6.42 Å². The number of hydrogen-bond donors (Lipinski definition) is 1. The largest absolute Gasteiger partial charge is 0.328 e. The van der Waals surface area contributed by atoms with Gasteiger partial charge in [0.15, 0.2) is 0 Å². The van der Waals surface area contributed by atoms with Gasteiger partial charge in [-0.3, -0.25) is 0 Å². The van der Waals surface area contributed by atoms with Crippen LogP contribution in [0.5, 0.6) is 0 Å². The van der Waals surface area contributed by atoms with Crippen molar-refractivity contribution < 1.29 is 0 Å². The van der Waals surface area contributed by atoms with Gasteiger partial charge in [-0.2, -0.15) is 0 Å². The van der Waals surface area contributed by atoms with Gasteiger partial charge in [-0.05, 0) is 32.3 Å². The van der Waals surface area contributed by atoms with E-state index in [0.29, 0.717) is 0 Å². The Bertz CT molecular complexity index is 245. The van der Waals surface area contributed by atoms with Crippen LogP contribution in [0.2, 0.25) is 0 Å². The summed E-state index contributed by atoms with van der Waals surface area (Å²) in [6.45, 7) is 4.01. The topological polar surface area (TPSA) is 51.8 Å². The average molecular weight is 165 g/mol. The molecule has 0 saturated heterocycles. The Hall–Kier alpha value is -0.960. The van der Waals surface area contributed by atoms with Crippen molar-refractivity contribution in [2.75, 3.05) is 0 Å². The lowest BCUT2D eigenvalue weighted by Gasteiger charge is -2.05. The van der Waals surface area contributed by atoms with Crippen molar-refractivity contribution >= 4 is 0 Å². The van der Waals surface area contributed by atoms with Gasteiger partial charge in [-0.1, -0.05) is 0 Å². The normalized spacial score (nSPS) is 12.9. The number of nitrogens with two attached hydrogens (primary N) is 1. The fraction of sp³-hybridized carbons (Fsp3) is 0.556. The lowest BCUT2D eigenvalue weighted by molar-refractivity contribution is 0.661. The third-order valence-electron chi connectivity index (χ3n) is 1.88. The van der Waals surface area contributed by atoms with E-state index in [9.17, 15) is 0 Å². The van der Waals surface area contributed by atoms with Crippen LogP contribution in [0.15, 0.2) is 12.5 Å². The minimum Gasteiger partial charge on any atom is -0.328 e. The van der Waals surface area contributed by atoms with E-state index in [1.807, 2.05) is 20.0 Å². The first-order chi connectivity index (χ1) is 5.70. The van der Waals surface area contributed by atoms with Crippen molar-refractivity contribution in [2.24, 2.45) is 5.73 Å². The molecule has 2 N–H and O–H groups in total. The fourth-order valence-electron chi connectivity index (χ4n) is 1.05. The van der Waals surface area contributed by atoms with Gasteiger partial charge in [0.25, 0.3) is 0 Å². The number of aromatic nitrogens is 2. The molecule has 0 saturated carbocycles. The van der Waals surface area contributed by atoms with Gasteiger partial charge in [-0.15, -0.1) is 0 Å². The van der Waals surface area contributed by atoms with Crippen molar-refractivity contribution in [1.29, 1.82) is 0 Å². The van der Waals surface area contributed by atoms with E-state index in [0.717, 1.165) is 18.5 Å². The first-order valence-electron chi connectivity index (χ1n) is 4.21. The molecule has 0 spiro atoms. The lowest BCUT2D eigenvalue weighted by Crippen LogP contribution is -2.15. The molecule has 0 aromatic carbocycles. The van der Waals surface area contributed by atoms with E-state index in [4.69, 9.17) is 5.73 Å². The first-order valence-corrected chi connectivity index (χ1v) is 4.21. The van der Waals surface area contributed by atoms with Crippen molar-refractivity contribution in [3.05, 3.63) is 23.8 Å². The molecule has 0 bridgehead atoms. The Labute approximate surface area is 73.0 Å². The summed E-state index contributed by atoms with van der Waals surface area (Å²) in [7, 11) is 0. The molecule has 3 nitrogen and oxygen atoms in total. The molecule has 12 heavy (non-hydrogen) atoms. The average Bonchev–Trinajstić information content (AvgIpc) is 2.03. The van der Waals surface area contributed by atoms with Gasteiger partial charge < -0.3 is 5.73 Å². The Balaban J connectivity index is 2.57. The summed E-state index contributed by atoms with van der Waals surface area (Å²) in [6.07, 6.45) is 5.41. The number of aryl methyl sites for hydroxylation is 2. The minimum absolute atomic E-state index is 0.254. The monoisotopic (exact) mass is 165 g/mol. The van der Waals surface area contributed by atoms with Crippen LogP contribution in [0.25, 0.3) is 0 Å². The van der Waals surface area contributed by atoms with Crippen LogP contribution in [-0.4, -0.2) is 16.0 Å². The molecule has 1 heterocycles. The van der Waals surface area contributed by atoms with Gasteiger partial charge in [0.05, 0.1) is 0 Å². The standard InChI is InChI=1S/C9H15N3/c1-7(10)3-4-9-5-11-6-12-8(9)2/h5-7H,3-4,10H2,1-2H3/t7-/m1/s1. The Kier molecular flexibility index (Phi) is 3.17. The zero-order valence-electron chi connectivity index (χ0n) is 7.62. The summed E-state index contributed by atoms with van der Waals surface area (Å²) >= 11 is 0. The number of nitrogens with zero attached hydrogens (tertiary/aromatic N) is 2. The van der Waals surface area contributed by atoms with Gasteiger partial charge in [0.1, 0.15) is 6.33 Å². The second-order valence-electron chi connectivity index (χ2n) is 3.15. The predicted molar refractivity (Wildman–Crippen MR) is 48.7 cm³/mol. The van der Waals surface area contributed by atoms with Gasteiger partial charge in [0, 0.05) is 17.9 Å². The number of rotatable bonds is 3. The highest BCUT2D eigenvalue weighted by atomic mass is 14.8. The molecule has 0 aliphatic rings. The van der Waals surface area contributed by atoms with Gasteiger partial charge in [-0.25, -0.2) is 9.97 Å². The summed E-state index contributed by atoms with van der Waals surface area (Å²) in [5.41, 5.74) is 7.91. The van der Waals surface area contributed by atoms with E-state index < -0.39 is 0 Å². The fourth-order valence-corrected chi connectivity index (χ4v) is 1.05. The molecule has 1 aromatic rings. The SMILES string of the molecule is Cc1ncncc1CC[C@@H](C)N. The van der Waals surface area contributed by atoms with E-state index >= 15 is 0 Å². The van der Waals surface area contributed by atoms with Crippen molar-refractivity contribution in [3.8, 4) is 0 Å². The molecule has 0 fully saturated rings. The Morgan fingerprint density at radius 3 is 2.92 bits per heavy atom. The maximum Gasteiger partial charge on any atom is 0.115 e. The van der Waals surface area contributed by atoms with Crippen LogP contribution in [0.3, 0.4) is 0 Å². The van der Waals surface area contributed by atoms with Gasteiger partial charge in [0.2, 0.25) is 0 Å². The molecule has 1 rings (SSSR count). The summed E-state index contributed by atoms with van der Waals surface area (Å²) in [5, 5.41) is 0. The lowest BCUT2D eigenvalue weighted by atomic mass is 10.1. The van der Waals surface area contributed by atoms with Crippen LogP contribution in [0.4, 0.5) is 0 Å². The first kappa shape index (κ1) is 9.13. The van der Waals surface area contributed by atoms with E-state index in [2.05, 4.69) is 9.97 Å². The highest BCUT2D eigenvalue weighted by molar-refractivity contribution is 5.14. The summed E-state index contributed by atoms with van der Waals surface area (Å²) in [5.74, 6) is 0. The zero-order valence-corrected chi connectivity index (χ0v) is 7.62. The third kappa shape index (κ3) is 2.58. The van der Waals surface area contributed by atoms with Gasteiger partial charge >= 0.3 is 0 Å². The van der Waals surface area contributed by atoms with E-state index in [-0.39, 0.29) is 6.04 Å². The maximum absolute atomic E-state index is 5.65. The molecule has 0 aliphatic heterocycles. The second kappa shape index (κ2) is 4.16. The molecule has 0 amide bonds. The second-order valence-corrected chi connectivity index (χ2v) is 3.15. The molecule has 0 aliphatic carbocycles. The number of hydrogen-bond acceptors (Lipinski definition) is 3. The van der Waals surface area contributed by atoms with E-state index in [1.165, 1.54) is 5.56 Å². The molecule has 0 unspecified atom stereocenters. The van der Waals surface area contributed by atoms with Crippen LogP contribution >= 0.6 is 0 Å². The molecule has 1 aromatic heterocycles. The zero-order chi connectivity index (χ0) is 8.97. The highest BCUT2D eigenvalue weighted by Gasteiger charge is 2.00. The molecule has 0 radical (unpaired) electrons. The Morgan fingerprint density at radius 1 is 1.58 bits per heavy atom. The Morgan fingerprint density at radius 2 is 2.33 bits per heavy atom. The smallest absolute Gasteiger partial charge is 0.115 e. The molecule has 1 atom stereocenters. The van der Waals surface area contributed by atoms with Crippen LogP contribution < -0.4 is 5.73 Å². The summed E-state index contributed by atoms with van der Waals surface area (Å²) < 4.78 is 0. The maximum atomic E-state index is 5.65. The minimum atomic E-state index is 0.254. The molecular formula is C9H15N3. The summed E-state index contributed by atoms with van der Waals surface area (Å²) in [4.78, 5) is 8.08. The quantitative estimate of drug-likeness (QED) is 0.728. The van der Waals surface area contributed by atoms with Crippen molar-refractivity contribution in [3.63, 3.8) is 0 Å². The molecular weight excluding hydrogens is 150 g/mol. The van der Waals surface area contributed by atoms with Crippen LogP contribution in [0.1, 0.15) is 24.6 Å². The predicted octanol–water partition coefficient (Wildman–Crippen LogP) is 1.06. The summed E-state index contributed by atoms with van der Waals surface area (Å²) in [6, 6.07) is 0.254. The van der Waals surface area contributed by atoms with E-state index in [1.54, 1.807) is 6.33 Å². The molecule has 3 heteroatoms. The van der Waals surface area contributed by atoms with Crippen molar-refractivity contribution in [2.45, 2.75) is 32.7 Å². The third-order valence-corrected chi connectivity index (χ3v) is 1.88. The molecule has 66 valence electrons. The van der Waals surface area contributed by atoms with Crippen LogP contribution in [0, 0.1) is 6.92 Å².